The number of rotatable bonds is 3. The van der Waals surface area contributed by atoms with Crippen molar-refractivity contribution in [2.45, 2.75) is 51.4 Å². The van der Waals surface area contributed by atoms with Crippen LogP contribution in [0.15, 0.2) is 24.3 Å². The summed E-state index contributed by atoms with van der Waals surface area (Å²) in [6.45, 7) is 2.02. The molecule has 1 aliphatic carbocycles. The van der Waals surface area contributed by atoms with Gasteiger partial charge in [0, 0.05) is 0 Å². The third-order valence-electron chi connectivity index (χ3n) is 4.04. The second kappa shape index (κ2) is 6.03. The highest BCUT2D eigenvalue weighted by Gasteiger charge is 2.29. The lowest BCUT2D eigenvalue weighted by molar-refractivity contribution is -0.140. The molecule has 2 nitrogen and oxygen atoms in total. The molecule has 0 aliphatic heterocycles. The summed E-state index contributed by atoms with van der Waals surface area (Å²) in [5, 5.41) is 9.56. The van der Waals surface area contributed by atoms with Crippen LogP contribution in [-0.2, 0) is 4.79 Å². The van der Waals surface area contributed by atoms with Crippen LogP contribution in [0.2, 0.25) is 0 Å². The van der Waals surface area contributed by atoms with E-state index in [4.69, 9.17) is 0 Å². The lowest BCUT2D eigenvalue weighted by atomic mass is 9.81. The molecule has 2 rings (SSSR count). The fourth-order valence-electron chi connectivity index (χ4n) is 3.12. The molecule has 1 aliphatic rings. The number of carbonyl (C=O) groups is 1. The number of aliphatic carboxylic acids is 1. The number of carboxylic acids is 1. The van der Waals surface area contributed by atoms with Gasteiger partial charge in [-0.3, -0.25) is 4.79 Å². The van der Waals surface area contributed by atoms with Crippen LogP contribution in [0.5, 0.6) is 0 Å². The van der Waals surface area contributed by atoms with Crippen LogP contribution in [0.3, 0.4) is 0 Å². The molecule has 0 spiro atoms. The Hall–Kier alpha value is -1.31. The zero-order chi connectivity index (χ0) is 13.0. The molecule has 0 heterocycles. The van der Waals surface area contributed by atoms with E-state index >= 15 is 0 Å². The van der Waals surface area contributed by atoms with E-state index in [1.54, 1.807) is 0 Å². The van der Waals surface area contributed by atoms with E-state index in [0.717, 1.165) is 24.0 Å². The van der Waals surface area contributed by atoms with Crippen LogP contribution < -0.4 is 0 Å². The van der Waals surface area contributed by atoms with E-state index in [9.17, 15) is 9.90 Å². The Morgan fingerprint density at radius 1 is 1.22 bits per heavy atom. The van der Waals surface area contributed by atoms with Gasteiger partial charge < -0.3 is 5.11 Å². The predicted molar refractivity (Wildman–Crippen MR) is 72.7 cm³/mol. The first kappa shape index (κ1) is 13.1. The molecular formula is C16H22O2. The first-order valence-electron chi connectivity index (χ1n) is 6.98. The number of hydrogen-bond acceptors (Lipinski definition) is 1. The maximum Gasteiger partial charge on any atom is 0.311 e. The first-order valence-corrected chi connectivity index (χ1v) is 6.98. The smallest absolute Gasteiger partial charge is 0.311 e. The van der Waals surface area contributed by atoms with Gasteiger partial charge >= 0.3 is 5.97 Å². The van der Waals surface area contributed by atoms with Crippen molar-refractivity contribution in [3.63, 3.8) is 0 Å². The number of benzene rings is 1. The molecule has 1 aromatic rings. The van der Waals surface area contributed by atoms with Gasteiger partial charge in [0.2, 0.25) is 0 Å². The molecule has 0 radical (unpaired) electrons. The molecule has 2 heteroatoms. The van der Waals surface area contributed by atoms with Gasteiger partial charge in [-0.2, -0.15) is 0 Å². The van der Waals surface area contributed by atoms with Crippen molar-refractivity contribution in [1.29, 1.82) is 0 Å². The van der Waals surface area contributed by atoms with Crippen LogP contribution in [0.25, 0.3) is 0 Å². The quantitative estimate of drug-likeness (QED) is 0.814. The van der Waals surface area contributed by atoms with Gasteiger partial charge in [0.25, 0.3) is 0 Å². The summed E-state index contributed by atoms with van der Waals surface area (Å²) in [4.78, 5) is 11.6. The molecule has 0 bridgehead atoms. The Labute approximate surface area is 109 Å². The van der Waals surface area contributed by atoms with E-state index in [-0.39, 0.29) is 5.92 Å². The van der Waals surface area contributed by atoms with Crippen molar-refractivity contribution >= 4 is 5.97 Å². The molecule has 1 N–H and O–H groups in total. The third kappa shape index (κ3) is 3.12. The predicted octanol–water partition coefficient (Wildman–Crippen LogP) is 4.13. The summed E-state index contributed by atoms with van der Waals surface area (Å²) in [5.74, 6) is -0.665. The Morgan fingerprint density at radius 3 is 2.44 bits per heavy atom. The minimum absolute atomic E-state index is 0.312. The highest BCUT2D eigenvalue weighted by atomic mass is 16.4. The Balaban J connectivity index is 2.24. The fourth-order valence-corrected chi connectivity index (χ4v) is 3.12. The molecule has 1 atom stereocenters. The normalized spacial score (nSPS) is 19.2. The van der Waals surface area contributed by atoms with Crippen LogP contribution in [-0.4, -0.2) is 11.1 Å². The largest absolute Gasteiger partial charge is 0.481 e. The summed E-state index contributed by atoms with van der Waals surface area (Å²) >= 11 is 0. The van der Waals surface area contributed by atoms with E-state index in [1.807, 2.05) is 31.2 Å². The number of carboxylic acid groups (broad SMARTS) is 1. The topological polar surface area (TPSA) is 37.3 Å². The second-order valence-electron chi connectivity index (χ2n) is 5.48. The van der Waals surface area contributed by atoms with Gasteiger partial charge in [-0.25, -0.2) is 0 Å². The van der Waals surface area contributed by atoms with E-state index < -0.39 is 5.97 Å². The van der Waals surface area contributed by atoms with Crippen molar-refractivity contribution in [1.82, 2.24) is 0 Å². The zero-order valence-electron chi connectivity index (χ0n) is 11.1. The van der Waals surface area contributed by atoms with Crippen molar-refractivity contribution in [3.8, 4) is 0 Å². The first-order chi connectivity index (χ1) is 8.68. The Bertz CT molecular complexity index is 403. The van der Waals surface area contributed by atoms with Crippen molar-refractivity contribution in [3.05, 3.63) is 35.4 Å². The van der Waals surface area contributed by atoms with E-state index in [0.29, 0.717) is 5.92 Å². The van der Waals surface area contributed by atoms with E-state index in [2.05, 4.69) is 0 Å². The molecule has 0 saturated heterocycles. The maximum absolute atomic E-state index is 11.6. The average molecular weight is 246 g/mol. The van der Waals surface area contributed by atoms with E-state index in [1.165, 1.54) is 25.7 Å². The lowest BCUT2D eigenvalue weighted by Crippen LogP contribution is -2.21. The molecular weight excluding hydrogens is 224 g/mol. The lowest BCUT2D eigenvalue weighted by Gasteiger charge is -2.23. The number of hydrogen-bond donors (Lipinski definition) is 1. The summed E-state index contributed by atoms with van der Waals surface area (Å²) in [6, 6.07) is 7.99. The Kier molecular flexibility index (Phi) is 4.40. The minimum Gasteiger partial charge on any atom is -0.481 e. The van der Waals surface area contributed by atoms with Gasteiger partial charge in [0.05, 0.1) is 5.92 Å². The van der Waals surface area contributed by atoms with Gasteiger partial charge in [-0.15, -0.1) is 0 Å². The van der Waals surface area contributed by atoms with Gasteiger partial charge in [-0.05, 0) is 31.2 Å². The van der Waals surface area contributed by atoms with Crippen LogP contribution in [0.4, 0.5) is 0 Å². The molecule has 0 amide bonds. The second-order valence-corrected chi connectivity index (χ2v) is 5.48. The van der Waals surface area contributed by atoms with Crippen LogP contribution in [0.1, 0.15) is 55.6 Å². The molecule has 1 saturated carbocycles. The summed E-state index contributed by atoms with van der Waals surface area (Å²) < 4.78 is 0. The molecule has 18 heavy (non-hydrogen) atoms. The molecule has 1 aromatic carbocycles. The Morgan fingerprint density at radius 2 is 1.89 bits per heavy atom. The van der Waals surface area contributed by atoms with Crippen molar-refractivity contribution in [2.75, 3.05) is 0 Å². The maximum atomic E-state index is 11.6. The van der Waals surface area contributed by atoms with Crippen LogP contribution >= 0.6 is 0 Å². The summed E-state index contributed by atoms with van der Waals surface area (Å²) in [5.41, 5.74) is 2.13. The van der Waals surface area contributed by atoms with Gasteiger partial charge in [0.15, 0.2) is 0 Å². The van der Waals surface area contributed by atoms with Crippen LogP contribution in [0, 0.1) is 12.8 Å². The number of aryl methyl sites for hydroxylation is 1. The zero-order valence-corrected chi connectivity index (χ0v) is 11.1. The average Bonchev–Trinajstić information content (AvgIpc) is 2.58. The van der Waals surface area contributed by atoms with Gasteiger partial charge in [-0.1, -0.05) is 55.5 Å². The van der Waals surface area contributed by atoms with Gasteiger partial charge in [0.1, 0.15) is 0 Å². The van der Waals surface area contributed by atoms with Crippen molar-refractivity contribution < 1.29 is 9.90 Å². The third-order valence-corrected chi connectivity index (χ3v) is 4.04. The molecule has 0 aromatic heterocycles. The summed E-state index contributed by atoms with van der Waals surface area (Å²) in [6.07, 6.45) is 7.00. The van der Waals surface area contributed by atoms with Crippen molar-refractivity contribution in [2.24, 2.45) is 5.92 Å². The molecule has 98 valence electrons. The summed E-state index contributed by atoms with van der Waals surface area (Å²) in [7, 11) is 0. The molecule has 1 fully saturated rings. The highest BCUT2D eigenvalue weighted by Crippen LogP contribution is 2.35. The molecule has 1 unspecified atom stereocenters. The monoisotopic (exact) mass is 246 g/mol. The minimum atomic E-state index is -0.660. The SMILES string of the molecule is Cc1cccc(C(C(=O)O)C2CCCCCC2)c1. The fraction of sp³-hybridized carbons (Fsp3) is 0.562. The highest BCUT2D eigenvalue weighted by molar-refractivity contribution is 5.76. The standard InChI is InChI=1S/C16H22O2/c1-12-7-6-10-14(11-12)15(16(17)18)13-8-4-2-3-5-9-13/h6-7,10-11,13,15H,2-5,8-9H2,1H3,(H,17,18).